The van der Waals surface area contributed by atoms with Crippen molar-refractivity contribution in [1.82, 2.24) is 4.98 Å². The topological polar surface area (TPSA) is 55.7 Å². The monoisotopic (exact) mass is 346 g/mol. The normalized spacial score (nSPS) is 20.6. The molecule has 3 rings (SSSR count). The average molecular weight is 346 g/mol. The van der Waals surface area contributed by atoms with E-state index < -0.39 is 0 Å². The molecule has 5 nitrogen and oxygen atoms in total. The Morgan fingerprint density at radius 3 is 2.71 bits per heavy atom. The Bertz CT molecular complexity index is 676. The fraction of sp³-hybridized carbons (Fsp3) is 0.444. The number of rotatable bonds is 5. The highest BCUT2D eigenvalue weighted by Crippen LogP contribution is 2.21. The number of hydrogen-bond acceptors (Lipinski definition) is 5. The van der Waals surface area contributed by atoms with Gasteiger partial charge in [-0.05, 0) is 19.1 Å². The van der Waals surface area contributed by atoms with Crippen molar-refractivity contribution in [3.63, 3.8) is 0 Å². The van der Waals surface area contributed by atoms with E-state index in [0.29, 0.717) is 0 Å². The number of likely N-dealkylation sites (tertiary alicyclic amines) is 1. The standard InChI is InChI=1S/C18H23N3O2S/c1-13-3-5-15(6-4-13)19-18-20-16(12-24-18)11-21-9-7-14(8-10-21)17(22)23-2/h3-6,12,14H,7-11H2,1-2H3,(H,19,20)/p+1. The van der Waals surface area contributed by atoms with Gasteiger partial charge in [0.2, 0.25) is 0 Å². The Kier molecular flexibility index (Phi) is 5.48. The van der Waals surface area contributed by atoms with Crippen molar-refractivity contribution in [1.29, 1.82) is 0 Å². The summed E-state index contributed by atoms with van der Waals surface area (Å²) in [5.41, 5.74) is 3.42. The summed E-state index contributed by atoms with van der Waals surface area (Å²) < 4.78 is 4.84. The first-order valence-electron chi connectivity index (χ1n) is 8.33. The van der Waals surface area contributed by atoms with Crippen LogP contribution in [0.1, 0.15) is 24.1 Å². The smallest absolute Gasteiger partial charge is 0.309 e. The summed E-state index contributed by atoms with van der Waals surface area (Å²) in [5, 5.41) is 6.40. The number of piperidine rings is 1. The Balaban J connectivity index is 1.51. The van der Waals surface area contributed by atoms with E-state index in [9.17, 15) is 4.79 Å². The summed E-state index contributed by atoms with van der Waals surface area (Å²) in [6, 6.07) is 8.32. The van der Waals surface area contributed by atoms with E-state index in [1.807, 2.05) is 0 Å². The number of benzene rings is 1. The fourth-order valence-corrected chi connectivity index (χ4v) is 3.80. The van der Waals surface area contributed by atoms with Crippen molar-refractivity contribution in [2.75, 3.05) is 25.5 Å². The van der Waals surface area contributed by atoms with E-state index in [1.165, 1.54) is 17.6 Å². The summed E-state index contributed by atoms with van der Waals surface area (Å²) in [7, 11) is 1.47. The minimum Gasteiger partial charge on any atom is -0.469 e. The molecule has 1 aromatic carbocycles. The number of quaternary nitrogens is 1. The zero-order chi connectivity index (χ0) is 16.9. The van der Waals surface area contributed by atoms with Crippen molar-refractivity contribution in [2.45, 2.75) is 26.3 Å². The second-order valence-electron chi connectivity index (χ2n) is 6.36. The molecule has 2 heterocycles. The number of anilines is 2. The molecule has 1 fully saturated rings. The quantitative estimate of drug-likeness (QED) is 0.815. The molecule has 0 bridgehead atoms. The van der Waals surface area contributed by atoms with Crippen molar-refractivity contribution < 1.29 is 14.4 Å². The van der Waals surface area contributed by atoms with E-state index in [2.05, 4.69) is 46.9 Å². The second-order valence-corrected chi connectivity index (χ2v) is 7.22. The highest BCUT2D eigenvalue weighted by Gasteiger charge is 2.28. The number of carbonyl (C=O) groups is 1. The first-order chi connectivity index (χ1) is 11.6. The van der Waals surface area contributed by atoms with Crippen LogP contribution in [0.15, 0.2) is 29.6 Å². The highest BCUT2D eigenvalue weighted by molar-refractivity contribution is 7.13. The Labute approximate surface area is 146 Å². The summed E-state index contributed by atoms with van der Waals surface area (Å²) in [6.07, 6.45) is 1.81. The lowest BCUT2D eigenvalue weighted by atomic mass is 9.97. The number of ether oxygens (including phenoxy) is 1. The van der Waals surface area contributed by atoms with Crippen LogP contribution in [0.4, 0.5) is 10.8 Å². The van der Waals surface area contributed by atoms with Gasteiger partial charge in [-0.15, -0.1) is 11.3 Å². The Hall–Kier alpha value is -1.92. The molecule has 1 aromatic heterocycles. The minimum absolute atomic E-state index is 0.0627. The predicted molar refractivity (Wildman–Crippen MR) is 95.7 cm³/mol. The zero-order valence-corrected chi connectivity index (χ0v) is 15.0. The molecule has 1 aliphatic rings. The number of nitrogens with one attached hydrogen (secondary N) is 2. The van der Waals surface area contributed by atoms with Gasteiger partial charge in [0.05, 0.1) is 26.1 Å². The molecule has 0 unspecified atom stereocenters. The molecule has 0 saturated carbocycles. The van der Waals surface area contributed by atoms with Gasteiger partial charge < -0.3 is 15.0 Å². The molecule has 1 saturated heterocycles. The van der Waals surface area contributed by atoms with Crippen LogP contribution in [0.2, 0.25) is 0 Å². The van der Waals surface area contributed by atoms with Crippen molar-refractivity contribution in [3.05, 3.63) is 40.9 Å². The summed E-state index contributed by atoms with van der Waals surface area (Å²) in [6.45, 7) is 4.99. The van der Waals surface area contributed by atoms with Gasteiger partial charge in [-0.25, -0.2) is 4.98 Å². The minimum atomic E-state index is -0.0627. The van der Waals surface area contributed by atoms with E-state index in [-0.39, 0.29) is 11.9 Å². The van der Waals surface area contributed by atoms with Gasteiger partial charge in [-0.2, -0.15) is 0 Å². The van der Waals surface area contributed by atoms with Crippen LogP contribution in [-0.2, 0) is 16.1 Å². The van der Waals surface area contributed by atoms with Crippen LogP contribution >= 0.6 is 11.3 Å². The molecule has 0 amide bonds. The molecule has 0 spiro atoms. The molecule has 0 atom stereocenters. The van der Waals surface area contributed by atoms with Gasteiger partial charge in [0.15, 0.2) is 5.13 Å². The van der Waals surface area contributed by atoms with Gasteiger partial charge in [-0.1, -0.05) is 17.7 Å². The van der Waals surface area contributed by atoms with Gasteiger partial charge in [0, 0.05) is 23.9 Å². The van der Waals surface area contributed by atoms with Crippen LogP contribution < -0.4 is 10.2 Å². The molecule has 24 heavy (non-hydrogen) atoms. The van der Waals surface area contributed by atoms with Crippen LogP contribution in [-0.4, -0.2) is 31.2 Å². The van der Waals surface area contributed by atoms with Crippen LogP contribution in [0.3, 0.4) is 0 Å². The lowest BCUT2D eigenvalue weighted by molar-refractivity contribution is -0.919. The van der Waals surface area contributed by atoms with Crippen LogP contribution in [0.5, 0.6) is 0 Å². The molecule has 0 aliphatic carbocycles. The third kappa shape index (κ3) is 4.33. The maximum atomic E-state index is 11.6. The average Bonchev–Trinajstić information content (AvgIpc) is 3.04. The maximum Gasteiger partial charge on any atom is 0.309 e. The first kappa shape index (κ1) is 16.9. The van der Waals surface area contributed by atoms with Crippen molar-refractivity contribution >= 4 is 28.1 Å². The predicted octanol–water partition coefficient (Wildman–Crippen LogP) is 2.16. The third-order valence-electron chi connectivity index (χ3n) is 4.51. The van der Waals surface area contributed by atoms with E-state index in [1.54, 1.807) is 11.3 Å². The SMILES string of the molecule is COC(=O)C1CC[NH+](Cc2csc(Nc3ccc(C)cc3)n2)CC1. The fourth-order valence-electron chi connectivity index (χ4n) is 3.07. The van der Waals surface area contributed by atoms with E-state index >= 15 is 0 Å². The summed E-state index contributed by atoms with van der Waals surface area (Å²) in [4.78, 5) is 17.8. The van der Waals surface area contributed by atoms with Gasteiger partial charge in [0.1, 0.15) is 12.2 Å². The van der Waals surface area contributed by atoms with Gasteiger partial charge in [0.25, 0.3) is 0 Å². The number of carbonyl (C=O) groups excluding carboxylic acids is 1. The Morgan fingerprint density at radius 2 is 2.04 bits per heavy atom. The lowest BCUT2D eigenvalue weighted by Gasteiger charge is -2.27. The largest absolute Gasteiger partial charge is 0.469 e. The van der Waals surface area contributed by atoms with Crippen molar-refractivity contribution in [2.24, 2.45) is 5.92 Å². The number of aryl methyl sites for hydroxylation is 1. The summed E-state index contributed by atoms with van der Waals surface area (Å²) in [5.74, 6) is 0.0141. The molecule has 1 aliphatic heterocycles. The zero-order valence-electron chi connectivity index (χ0n) is 14.2. The van der Waals surface area contributed by atoms with Crippen molar-refractivity contribution in [3.8, 4) is 0 Å². The van der Waals surface area contributed by atoms with Crippen LogP contribution in [0, 0.1) is 12.8 Å². The maximum absolute atomic E-state index is 11.6. The van der Waals surface area contributed by atoms with Gasteiger partial charge >= 0.3 is 5.97 Å². The first-order valence-corrected chi connectivity index (χ1v) is 9.21. The number of hydrogen-bond donors (Lipinski definition) is 2. The molecule has 128 valence electrons. The molecular weight excluding hydrogens is 322 g/mol. The second kappa shape index (κ2) is 7.77. The summed E-state index contributed by atoms with van der Waals surface area (Å²) >= 11 is 1.64. The third-order valence-corrected chi connectivity index (χ3v) is 5.32. The number of esters is 1. The van der Waals surface area contributed by atoms with E-state index in [4.69, 9.17) is 4.74 Å². The van der Waals surface area contributed by atoms with E-state index in [0.717, 1.165) is 49.0 Å². The number of nitrogens with zero attached hydrogens (tertiary/aromatic N) is 1. The molecule has 6 heteroatoms. The van der Waals surface area contributed by atoms with Crippen LogP contribution in [0.25, 0.3) is 0 Å². The molecule has 0 radical (unpaired) electrons. The molecule has 2 N–H and O–H groups in total. The number of methoxy groups -OCH3 is 1. The van der Waals surface area contributed by atoms with Gasteiger partial charge in [-0.3, -0.25) is 4.79 Å². The highest BCUT2D eigenvalue weighted by atomic mass is 32.1. The Morgan fingerprint density at radius 1 is 1.33 bits per heavy atom. The molecular formula is C18H24N3O2S+. The number of aromatic nitrogens is 1. The number of thiazole rings is 1. The lowest BCUT2D eigenvalue weighted by Crippen LogP contribution is -3.11. The molecule has 2 aromatic rings.